The van der Waals surface area contributed by atoms with E-state index in [0.717, 1.165) is 28.0 Å². The number of methoxy groups -OCH3 is 1. The Morgan fingerprint density at radius 2 is 1.79 bits per heavy atom. The van der Waals surface area contributed by atoms with Gasteiger partial charge in [0.2, 0.25) is 0 Å². The molecule has 3 aromatic rings. The number of amides is 1. The first-order chi connectivity index (χ1) is 16.0. The van der Waals surface area contributed by atoms with Gasteiger partial charge in [0.1, 0.15) is 6.61 Å². The van der Waals surface area contributed by atoms with Gasteiger partial charge in [-0.25, -0.2) is 9.59 Å². The van der Waals surface area contributed by atoms with Crippen LogP contribution in [0.3, 0.4) is 0 Å². The summed E-state index contributed by atoms with van der Waals surface area (Å²) in [5, 5.41) is 0. The zero-order valence-electron chi connectivity index (χ0n) is 18.7. The maximum Gasteiger partial charge on any atom is 0.410 e. The number of aryl methyl sites for hydroxylation is 1. The van der Waals surface area contributed by atoms with Crippen molar-refractivity contribution < 1.29 is 19.1 Å². The quantitative estimate of drug-likeness (QED) is 0.499. The lowest BCUT2D eigenvalue weighted by atomic mass is 9.94. The minimum Gasteiger partial charge on any atom is -0.465 e. The summed E-state index contributed by atoms with van der Waals surface area (Å²) < 4.78 is 10.4. The van der Waals surface area contributed by atoms with E-state index in [1.807, 2.05) is 67.7 Å². The van der Waals surface area contributed by atoms with Crippen molar-refractivity contribution in [1.29, 1.82) is 0 Å². The topological polar surface area (TPSA) is 68.7 Å². The lowest BCUT2D eigenvalue weighted by molar-refractivity contribution is 0.0600. The largest absolute Gasteiger partial charge is 0.465 e. The number of rotatable bonds is 5. The normalized spacial score (nSPS) is 15.5. The molecular formula is C27H26N2O4. The standard InChI is InChI=1S/C27H26N2O4/c1-19-8-13-24(28-17-19)23-14-15-29(27(31)33-18-20-6-4-3-5-7-20)25(16-23)21-9-11-22(12-10-21)26(30)32-2/h3-13,16-17,25H,14-15,18H2,1-2H3/t25-/m0/s1. The minimum absolute atomic E-state index is 0.209. The van der Waals surface area contributed by atoms with E-state index in [1.54, 1.807) is 17.0 Å². The maximum absolute atomic E-state index is 13.0. The summed E-state index contributed by atoms with van der Waals surface area (Å²) in [6, 6.07) is 20.4. The summed E-state index contributed by atoms with van der Waals surface area (Å²) in [5.41, 5.74) is 5.33. The Morgan fingerprint density at radius 1 is 1.03 bits per heavy atom. The molecule has 0 N–H and O–H groups in total. The average molecular weight is 443 g/mol. The predicted octanol–water partition coefficient (Wildman–Crippen LogP) is 5.34. The number of hydrogen-bond donors (Lipinski definition) is 0. The third-order valence-corrected chi connectivity index (χ3v) is 5.67. The number of carbonyl (C=O) groups is 2. The Morgan fingerprint density at radius 3 is 2.45 bits per heavy atom. The predicted molar refractivity (Wildman–Crippen MR) is 125 cm³/mol. The fourth-order valence-corrected chi connectivity index (χ4v) is 3.83. The lowest BCUT2D eigenvalue weighted by Crippen LogP contribution is -2.37. The number of aromatic nitrogens is 1. The van der Waals surface area contributed by atoms with E-state index in [1.165, 1.54) is 7.11 Å². The zero-order chi connectivity index (χ0) is 23.2. The number of pyridine rings is 1. The Kier molecular flexibility index (Phi) is 6.83. The Labute approximate surface area is 193 Å². The highest BCUT2D eigenvalue weighted by molar-refractivity contribution is 5.89. The van der Waals surface area contributed by atoms with E-state index in [-0.39, 0.29) is 18.7 Å². The molecule has 2 aromatic carbocycles. The molecule has 6 heteroatoms. The van der Waals surface area contributed by atoms with Crippen molar-refractivity contribution in [1.82, 2.24) is 9.88 Å². The Balaban J connectivity index is 1.61. The minimum atomic E-state index is -0.399. The molecule has 2 heterocycles. The van der Waals surface area contributed by atoms with Gasteiger partial charge in [0.05, 0.1) is 24.4 Å². The van der Waals surface area contributed by atoms with Crippen molar-refractivity contribution in [3.63, 3.8) is 0 Å². The summed E-state index contributed by atoms with van der Waals surface area (Å²) in [7, 11) is 1.35. The smallest absolute Gasteiger partial charge is 0.410 e. The van der Waals surface area contributed by atoms with E-state index < -0.39 is 5.97 Å². The summed E-state index contributed by atoms with van der Waals surface area (Å²) in [4.78, 5) is 31.2. The van der Waals surface area contributed by atoms with Gasteiger partial charge in [0.15, 0.2) is 0 Å². The van der Waals surface area contributed by atoms with Crippen LogP contribution in [0, 0.1) is 6.92 Å². The van der Waals surface area contributed by atoms with Crippen LogP contribution in [0.15, 0.2) is 79.0 Å². The van der Waals surface area contributed by atoms with Gasteiger partial charge in [-0.15, -0.1) is 0 Å². The van der Waals surface area contributed by atoms with E-state index in [9.17, 15) is 9.59 Å². The molecule has 0 saturated carbocycles. The van der Waals surface area contributed by atoms with Gasteiger partial charge in [0.25, 0.3) is 0 Å². The van der Waals surface area contributed by atoms with E-state index in [0.29, 0.717) is 18.5 Å². The van der Waals surface area contributed by atoms with Gasteiger partial charge >= 0.3 is 12.1 Å². The first-order valence-electron chi connectivity index (χ1n) is 10.8. The van der Waals surface area contributed by atoms with Gasteiger partial charge in [-0.3, -0.25) is 9.88 Å². The number of esters is 1. The third-order valence-electron chi connectivity index (χ3n) is 5.67. The molecular weight excluding hydrogens is 416 g/mol. The number of benzene rings is 2. The van der Waals surface area contributed by atoms with Crippen molar-refractivity contribution >= 4 is 17.6 Å². The first kappa shape index (κ1) is 22.3. The summed E-state index contributed by atoms with van der Waals surface area (Å²) in [6.07, 6.45) is 4.19. The second-order valence-corrected chi connectivity index (χ2v) is 7.95. The van der Waals surface area contributed by atoms with Crippen molar-refractivity contribution in [3.8, 4) is 0 Å². The van der Waals surface area contributed by atoms with Crippen LogP contribution < -0.4 is 0 Å². The van der Waals surface area contributed by atoms with Gasteiger partial charge in [-0.05, 0) is 53.8 Å². The number of hydrogen-bond acceptors (Lipinski definition) is 5. The van der Waals surface area contributed by atoms with Crippen LogP contribution in [0.25, 0.3) is 5.57 Å². The highest BCUT2D eigenvalue weighted by Crippen LogP contribution is 2.34. The average Bonchev–Trinajstić information content (AvgIpc) is 2.87. The third kappa shape index (κ3) is 5.29. The highest BCUT2D eigenvalue weighted by Gasteiger charge is 2.29. The molecule has 6 nitrogen and oxygen atoms in total. The van der Waals surface area contributed by atoms with Crippen LogP contribution in [0.4, 0.5) is 4.79 Å². The summed E-state index contributed by atoms with van der Waals surface area (Å²) in [6.45, 7) is 2.71. The van der Waals surface area contributed by atoms with Crippen molar-refractivity contribution in [2.24, 2.45) is 0 Å². The van der Waals surface area contributed by atoms with Gasteiger partial charge in [-0.2, -0.15) is 0 Å². The molecule has 1 aliphatic rings. The van der Waals surface area contributed by atoms with Crippen molar-refractivity contribution in [2.45, 2.75) is 26.0 Å². The Bertz CT molecular complexity index is 1140. The molecule has 0 bridgehead atoms. The monoisotopic (exact) mass is 442 g/mol. The van der Waals surface area contributed by atoms with E-state index in [2.05, 4.69) is 11.1 Å². The number of nitrogens with zero attached hydrogens (tertiary/aromatic N) is 2. The molecule has 4 rings (SSSR count). The van der Waals surface area contributed by atoms with Crippen LogP contribution in [-0.2, 0) is 16.1 Å². The van der Waals surface area contributed by atoms with Crippen LogP contribution in [0.5, 0.6) is 0 Å². The molecule has 0 fully saturated rings. The van der Waals surface area contributed by atoms with Crippen LogP contribution >= 0.6 is 0 Å². The molecule has 1 atom stereocenters. The molecule has 0 spiro atoms. The first-order valence-corrected chi connectivity index (χ1v) is 10.8. The lowest BCUT2D eigenvalue weighted by Gasteiger charge is -2.34. The van der Waals surface area contributed by atoms with Gasteiger partial charge < -0.3 is 9.47 Å². The zero-order valence-corrected chi connectivity index (χ0v) is 18.7. The Hall–Kier alpha value is -3.93. The fourth-order valence-electron chi connectivity index (χ4n) is 3.83. The molecule has 0 aliphatic carbocycles. The molecule has 33 heavy (non-hydrogen) atoms. The second-order valence-electron chi connectivity index (χ2n) is 7.95. The molecule has 0 unspecified atom stereocenters. The molecule has 0 saturated heterocycles. The van der Waals surface area contributed by atoms with Crippen LogP contribution in [0.2, 0.25) is 0 Å². The SMILES string of the molecule is COC(=O)c1ccc([C@@H]2C=C(c3ccc(C)cn3)CCN2C(=O)OCc2ccccc2)cc1. The van der Waals surface area contributed by atoms with Crippen molar-refractivity contribution in [3.05, 3.63) is 107 Å². The number of carbonyl (C=O) groups excluding carboxylic acids is 2. The van der Waals surface area contributed by atoms with E-state index >= 15 is 0 Å². The molecule has 168 valence electrons. The summed E-state index contributed by atoms with van der Waals surface area (Å²) >= 11 is 0. The molecule has 1 amide bonds. The second kappa shape index (κ2) is 10.1. The van der Waals surface area contributed by atoms with Gasteiger partial charge in [-0.1, -0.05) is 54.6 Å². The number of ether oxygens (including phenoxy) is 2. The van der Waals surface area contributed by atoms with Crippen molar-refractivity contribution in [2.75, 3.05) is 13.7 Å². The van der Waals surface area contributed by atoms with Crippen LogP contribution in [0.1, 0.15) is 45.2 Å². The maximum atomic E-state index is 13.0. The fraction of sp³-hybridized carbons (Fsp3) is 0.222. The molecule has 1 aliphatic heterocycles. The van der Waals surface area contributed by atoms with Crippen LogP contribution in [-0.4, -0.2) is 35.6 Å². The van der Waals surface area contributed by atoms with Gasteiger partial charge in [0, 0.05) is 12.7 Å². The van der Waals surface area contributed by atoms with E-state index in [4.69, 9.17) is 9.47 Å². The molecule has 0 radical (unpaired) electrons. The summed E-state index contributed by atoms with van der Waals surface area (Å²) in [5.74, 6) is -0.399. The highest BCUT2D eigenvalue weighted by atomic mass is 16.6. The molecule has 1 aromatic heterocycles.